The van der Waals surface area contributed by atoms with Gasteiger partial charge in [0, 0.05) is 53.7 Å². The molecule has 0 spiro atoms. The van der Waals surface area contributed by atoms with Crippen molar-refractivity contribution in [2.75, 3.05) is 32.8 Å². The van der Waals surface area contributed by atoms with Crippen molar-refractivity contribution in [3.05, 3.63) is 33.3 Å². The Hall–Kier alpha value is -0.130. The summed E-state index contributed by atoms with van der Waals surface area (Å²) in [5, 5.41) is 14.0. The summed E-state index contributed by atoms with van der Waals surface area (Å²) < 4.78 is 1.02. The molecule has 3 nitrogen and oxygen atoms in total. The number of aliphatic hydroxyl groups is 1. The van der Waals surface area contributed by atoms with Gasteiger partial charge in [-0.3, -0.25) is 4.90 Å². The van der Waals surface area contributed by atoms with Gasteiger partial charge >= 0.3 is 0 Å². The summed E-state index contributed by atoms with van der Waals surface area (Å²) in [5.74, 6) is 0. The molecule has 0 amide bonds. The Morgan fingerprint density at radius 1 is 1.40 bits per heavy atom. The number of halogens is 2. The maximum absolute atomic E-state index is 9.82. The Balaban J connectivity index is 2.42. The van der Waals surface area contributed by atoms with Gasteiger partial charge in [-0.1, -0.05) is 41.4 Å². The van der Waals surface area contributed by atoms with Gasteiger partial charge in [0.15, 0.2) is 0 Å². The fraction of sp³-hybridized carbons (Fsp3) is 0.600. The number of benzene rings is 1. The van der Waals surface area contributed by atoms with Gasteiger partial charge in [0.25, 0.3) is 0 Å². The first-order valence-corrected chi connectivity index (χ1v) is 8.13. The lowest BCUT2D eigenvalue weighted by Crippen LogP contribution is -2.49. The average Bonchev–Trinajstić information content (AvgIpc) is 2.44. The van der Waals surface area contributed by atoms with Crippen LogP contribution in [-0.2, 0) is 0 Å². The van der Waals surface area contributed by atoms with Crippen LogP contribution in [0.2, 0.25) is 5.02 Å². The quantitative estimate of drug-likeness (QED) is 0.865. The van der Waals surface area contributed by atoms with E-state index in [4.69, 9.17) is 11.6 Å². The normalized spacial score (nSPS) is 19.1. The number of rotatable bonds is 4. The van der Waals surface area contributed by atoms with Crippen LogP contribution in [0.5, 0.6) is 0 Å². The van der Waals surface area contributed by atoms with Gasteiger partial charge in [-0.25, -0.2) is 0 Å². The number of nitrogens with zero attached hydrogens (tertiary/aromatic N) is 1. The first-order valence-electron chi connectivity index (χ1n) is 6.96. The molecule has 0 saturated carbocycles. The molecule has 2 N–H and O–H groups in total. The highest BCUT2D eigenvalue weighted by Crippen LogP contribution is 2.41. The van der Waals surface area contributed by atoms with Crippen molar-refractivity contribution in [3.8, 4) is 0 Å². The topological polar surface area (TPSA) is 35.5 Å². The van der Waals surface area contributed by atoms with Crippen LogP contribution in [0, 0.1) is 5.41 Å². The summed E-state index contributed by atoms with van der Waals surface area (Å²) >= 11 is 9.95. The monoisotopic (exact) mass is 360 g/mol. The van der Waals surface area contributed by atoms with Crippen LogP contribution in [0.15, 0.2) is 22.7 Å². The van der Waals surface area contributed by atoms with Gasteiger partial charge in [0.05, 0.1) is 0 Å². The van der Waals surface area contributed by atoms with E-state index >= 15 is 0 Å². The molecule has 1 aromatic rings. The zero-order valence-corrected chi connectivity index (χ0v) is 14.3. The smallest absolute Gasteiger partial charge is 0.0500 e. The van der Waals surface area contributed by atoms with Gasteiger partial charge in [0.1, 0.15) is 0 Å². The standard InChI is InChI=1S/C15H22BrClN2O/c1-15(2,10-20)14(19-7-5-18-6-8-19)12-9-11(16)3-4-13(12)17/h3-4,9,14,18,20H,5-8,10H2,1-2H3/t14-/m0/s1. The van der Waals surface area contributed by atoms with E-state index in [1.807, 2.05) is 12.1 Å². The lowest BCUT2D eigenvalue weighted by molar-refractivity contribution is 0.0305. The lowest BCUT2D eigenvalue weighted by atomic mass is 9.79. The highest BCUT2D eigenvalue weighted by molar-refractivity contribution is 9.10. The van der Waals surface area contributed by atoms with Gasteiger partial charge in [0.2, 0.25) is 0 Å². The lowest BCUT2D eigenvalue weighted by Gasteiger charge is -2.43. The fourth-order valence-corrected chi connectivity index (χ4v) is 3.46. The molecule has 1 heterocycles. The van der Waals surface area contributed by atoms with Crippen LogP contribution in [0.3, 0.4) is 0 Å². The van der Waals surface area contributed by atoms with E-state index in [0.29, 0.717) is 0 Å². The number of hydrogen-bond donors (Lipinski definition) is 2. The Labute approximate surface area is 134 Å². The highest BCUT2D eigenvalue weighted by atomic mass is 79.9. The second-order valence-electron chi connectivity index (χ2n) is 6.00. The van der Waals surface area contributed by atoms with Crippen molar-refractivity contribution in [1.29, 1.82) is 0 Å². The Bertz CT molecular complexity index is 461. The summed E-state index contributed by atoms with van der Waals surface area (Å²) in [6, 6.07) is 6.06. The van der Waals surface area contributed by atoms with Gasteiger partial charge in [-0.2, -0.15) is 0 Å². The molecule has 0 unspecified atom stereocenters. The third-order valence-corrected chi connectivity index (χ3v) is 4.75. The molecule has 0 aliphatic carbocycles. The summed E-state index contributed by atoms with van der Waals surface area (Å²) in [5.41, 5.74) is 0.837. The number of piperazine rings is 1. The zero-order valence-electron chi connectivity index (χ0n) is 12.0. The van der Waals surface area contributed by atoms with Crippen LogP contribution in [0.1, 0.15) is 25.5 Å². The molecular weight excluding hydrogens is 340 g/mol. The van der Waals surface area contributed by atoms with E-state index in [2.05, 4.69) is 46.1 Å². The molecule has 1 aromatic carbocycles. The molecule has 0 bridgehead atoms. The SMILES string of the molecule is CC(C)(CO)[C@H](c1cc(Br)ccc1Cl)N1CCNCC1. The Kier molecular flexibility index (Phi) is 5.49. The predicted octanol–water partition coefficient (Wildman–Crippen LogP) is 3.07. The van der Waals surface area contributed by atoms with Crippen molar-refractivity contribution in [2.45, 2.75) is 19.9 Å². The summed E-state index contributed by atoms with van der Waals surface area (Å²) in [4.78, 5) is 2.42. The van der Waals surface area contributed by atoms with Crippen LogP contribution < -0.4 is 5.32 Å². The predicted molar refractivity (Wildman–Crippen MR) is 87.2 cm³/mol. The molecule has 5 heteroatoms. The van der Waals surface area contributed by atoms with Gasteiger partial charge < -0.3 is 10.4 Å². The second kappa shape index (κ2) is 6.75. The third kappa shape index (κ3) is 3.55. The van der Waals surface area contributed by atoms with E-state index < -0.39 is 0 Å². The van der Waals surface area contributed by atoms with E-state index in [-0.39, 0.29) is 18.1 Å². The maximum atomic E-state index is 9.82. The fourth-order valence-electron chi connectivity index (χ4n) is 2.86. The Morgan fingerprint density at radius 2 is 2.05 bits per heavy atom. The molecule has 1 aliphatic rings. The van der Waals surface area contributed by atoms with Gasteiger partial charge in [-0.05, 0) is 23.8 Å². The Morgan fingerprint density at radius 3 is 2.65 bits per heavy atom. The van der Waals surface area contributed by atoms with Crippen molar-refractivity contribution in [2.24, 2.45) is 5.41 Å². The summed E-state index contributed by atoms with van der Waals surface area (Å²) in [7, 11) is 0. The molecule has 1 fully saturated rings. The third-order valence-electron chi connectivity index (χ3n) is 3.92. The first-order chi connectivity index (χ1) is 9.45. The molecule has 2 rings (SSSR count). The number of nitrogens with one attached hydrogen (secondary N) is 1. The van der Waals surface area contributed by atoms with E-state index in [0.717, 1.165) is 41.2 Å². The second-order valence-corrected chi connectivity index (χ2v) is 7.32. The molecule has 1 atom stereocenters. The van der Waals surface area contributed by atoms with E-state index in [9.17, 15) is 5.11 Å². The summed E-state index contributed by atoms with van der Waals surface area (Å²) in [6.07, 6.45) is 0. The van der Waals surface area contributed by atoms with Crippen molar-refractivity contribution in [3.63, 3.8) is 0 Å². The number of aliphatic hydroxyl groups excluding tert-OH is 1. The number of hydrogen-bond acceptors (Lipinski definition) is 3. The first kappa shape index (κ1) is 16.2. The van der Waals surface area contributed by atoms with Crippen LogP contribution in [-0.4, -0.2) is 42.8 Å². The molecule has 1 aliphatic heterocycles. The average molecular weight is 362 g/mol. The highest BCUT2D eigenvalue weighted by Gasteiger charge is 2.36. The molecule has 0 radical (unpaired) electrons. The maximum Gasteiger partial charge on any atom is 0.0500 e. The molecule has 1 saturated heterocycles. The van der Waals surface area contributed by atoms with Crippen molar-refractivity contribution >= 4 is 27.5 Å². The summed E-state index contributed by atoms with van der Waals surface area (Å²) in [6.45, 7) is 8.21. The largest absolute Gasteiger partial charge is 0.396 e. The van der Waals surface area contributed by atoms with E-state index in [1.165, 1.54) is 0 Å². The van der Waals surface area contributed by atoms with Gasteiger partial charge in [-0.15, -0.1) is 0 Å². The van der Waals surface area contributed by atoms with Crippen LogP contribution >= 0.6 is 27.5 Å². The minimum absolute atomic E-state index is 0.111. The molecule has 20 heavy (non-hydrogen) atoms. The minimum Gasteiger partial charge on any atom is -0.396 e. The van der Waals surface area contributed by atoms with Crippen LogP contribution in [0.4, 0.5) is 0 Å². The zero-order chi connectivity index (χ0) is 14.8. The van der Waals surface area contributed by atoms with Crippen molar-refractivity contribution < 1.29 is 5.11 Å². The minimum atomic E-state index is -0.248. The molecule has 112 valence electrons. The van der Waals surface area contributed by atoms with E-state index in [1.54, 1.807) is 0 Å². The van der Waals surface area contributed by atoms with Crippen molar-refractivity contribution in [1.82, 2.24) is 10.2 Å². The van der Waals surface area contributed by atoms with Crippen LogP contribution in [0.25, 0.3) is 0 Å². The molecular formula is C15H22BrClN2O. The molecule has 0 aromatic heterocycles.